The number of hydrogen-bond acceptors (Lipinski definition) is 5. The van der Waals surface area contributed by atoms with Crippen LogP contribution in [0.25, 0.3) is 0 Å². The second-order valence-corrected chi connectivity index (χ2v) is 6.17. The highest BCUT2D eigenvalue weighted by molar-refractivity contribution is 5.93. The van der Waals surface area contributed by atoms with Crippen molar-refractivity contribution in [2.75, 3.05) is 13.2 Å². The van der Waals surface area contributed by atoms with Crippen LogP contribution >= 0.6 is 0 Å². The predicted octanol–water partition coefficient (Wildman–Crippen LogP) is 2.68. The molecule has 0 unspecified atom stereocenters. The van der Waals surface area contributed by atoms with E-state index in [9.17, 15) is 9.59 Å². The molecule has 2 rings (SSSR count). The number of aryl methyl sites for hydroxylation is 3. The van der Waals surface area contributed by atoms with Crippen LogP contribution in [0.5, 0.6) is 5.75 Å². The average Bonchev–Trinajstić information content (AvgIpc) is 3.11. The minimum absolute atomic E-state index is 0.104. The number of carbonyl (C=O) groups is 2. The first-order chi connectivity index (χ1) is 12.9. The van der Waals surface area contributed by atoms with Gasteiger partial charge < -0.3 is 19.8 Å². The quantitative estimate of drug-likeness (QED) is 0.707. The van der Waals surface area contributed by atoms with Crippen LogP contribution in [0.15, 0.2) is 41.3 Å². The summed E-state index contributed by atoms with van der Waals surface area (Å²) in [7, 11) is 0. The van der Waals surface area contributed by atoms with Gasteiger partial charge in [-0.25, -0.2) is 4.98 Å². The molecular formula is C20H25N3O4. The molecule has 27 heavy (non-hydrogen) atoms. The first-order valence-electron chi connectivity index (χ1n) is 8.79. The van der Waals surface area contributed by atoms with Crippen LogP contribution in [0.4, 0.5) is 0 Å². The SMILES string of the molecule is C=C(CCNC(=O)c1ncoc1CC)NC(=O)COc1ccc(C)c(C)c1. The Morgan fingerprint density at radius 1 is 1.26 bits per heavy atom. The molecule has 1 aromatic heterocycles. The van der Waals surface area contributed by atoms with Gasteiger partial charge in [0, 0.05) is 25.1 Å². The summed E-state index contributed by atoms with van der Waals surface area (Å²) in [5, 5.41) is 5.39. The molecule has 144 valence electrons. The molecule has 0 atom stereocenters. The lowest BCUT2D eigenvalue weighted by atomic mass is 10.1. The Morgan fingerprint density at radius 3 is 2.74 bits per heavy atom. The summed E-state index contributed by atoms with van der Waals surface area (Å²) < 4.78 is 10.6. The third-order valence-corrected chi connectivity index (χ3v) is 4.05. The normalized spacial score (nSPS) is 10.3. The maximum absolute atomic E-state index is 12.0. The second-order valence-electron chi connectivity index (χ2n) is 6.17. The first kappa shape index (κ1) is 20.2. The number of oxazole rings is 1. The fraction of sp³-hybridized carbons (Fsp3) is 0.350. The number of benzene rings is 1. The van der Waals surface area contributed by atoms with Gasteiger partial charge in [0.1, 0.15) is 11.5 Å². The average molecular weight is 371 g/mol. The summed E-state index contributed by atoms with van der Waals surface area (Å²) in [4.78, 5) is 27.9. The summed E-state index contributed by atoms with van der Waals surface area (Å²) in [5.41, 5.74) is 3.05. The summed E-state index contributed by atoms with van der Waals surface area (Å²) in [6, 6.07) is 5.67. The van der Waals surface area contributed by atoms with E-state index < -0.39 is 0 Å². The molecule has 2 amide bonds. The van der Waals surface area contributed by atoms with Crippen molar-refractivity contribution in [1.82, 2.24) is 15.6 Å². The van der Waals surface area contributed by atoms with Gasteiger partial charge in [-0.2, -0.15) is 0 Å². The Labute approximate surface area is 158 Å². The van der Waals surface area contributed by atoms with Gasteiger partial charge in [0.15, 0.2) is 18.7 Å². The molecule has 0 bridgehead atoms. The molecule has 0 aliphatic carbocycles. The molecule has 0 radical (unpaired) electrons. The molecule has 0 spiro atoms. The maximum atomic E-state index is 12.0. The van der Waals surface area contributed by atoms with E-state index in [1.807, 2.05) is 39.0 Å². The highest BCUT2D eigenvalue weighted by atomic mass is 16.5. The molecule has 2 aromatic rings. The van der Waals surface area contributed by atoms with Crippen LogP contribution in [-0.4, -0.2) is 29.9 Å². The van der Waals surface area contributed by atoms with Gasteiger partial charge in [-0.1, -0.05) is 19.6 Å². The third-order valence-electron chi connectivity index (χ3n) is 4.05. The van der Waals surface area contributed by atoms with Gasteiger partial charge in [0.05, 0.1) is 0 Å². The van der Waals surface area contributed by atoms with E-state index >= 15 is 0 Å². The van der Waals surface area contributed by atoms with Crippen LogP contribution in [0.3, 0.4) is 0 Å². The zero-order valence-corrected chi connectivity index (χ0v) is 15.9. The summed E-state index contributed by atoms with van der Waals surface area (Å²) in [6.07, 6.45) is 2.24. The minimum Gasteiger partial charge on any atom is -0.484 e. The van der Waals surface area contributed by atoms with Gasteiger partial charge >= 0.3 is 0 Å². The molecule has 1 aromatic carbocycles. The van der Waals surface area contributed by atoms with Crippen molar-refractivity contribution < 1.29 is 18.7 Å². The molecule has 0 saturated heterocycles. The van der Waals surface area contributed by atoms with Crippen molar-refractivity contribution in [2.24, 2.45) is 0 Å². The van der Waals surface area contributed by atoms with Crippen LogP contribution in [0.2, 0.25) is 0 Å². The van der Waals surface area contributed by atoms with E-state index in [4.69, 9.17) is 9.15 Å². The minimum atomic E-state index is -0.308. The molecule has 0 saturated carbocycles. The number of amides is 2. The van der Waals surface area contributed by atoms with E-state index in [0.29, 0.717) is 36.6 Å². The Morgan fingerprint density at radius 2 is 2.04 bits per heavy atom. The van der Waals surface area contributed by atoms with Crippen LogP contribution in [0, 0.1) is 13.8 Å². The first-order valence-corrected chi connectivity index (χ1v) is 8.79. The fourth-order valence-electron chi connectivity index (χ4n) is 2.37. The van der Waals surface area contributed by atoms with Crippen molar-refractivity contribution in [2.45, 2.75) is 33.6 Å². The zero-order valence-electron chi connectivity index (χ0n) is 15.9. The van der Waals surface area contributed by atoms with E-state index in [-0.39, 0.29) is 24.1 Å². The number of rotatable bonds is 9. The Bertz CT molecular complexity index is 826. The lowest BCUT2D eigenvalue weighted by Crippen LogP contribution is -2.31. The highest BCUT2D eigenvalue weighted by Gasteiger charge is 2.14. The molecule has 2 N–H and O–H groups in total. The van der Waals surface area contributed by atoms with E-state index in [1.54, 1.807) is 0 Å². The lowest BCUT2D eigenvalue weighted by molar-refractivity contribution is -0.122. The molecular weight excluding hydrogens is 346 g/mol. The standard InChI is InChI=1S/C20H25N3O4/c1-5-17-19(22-12-27-17)20(25)21-9-8-15(4)23-18(24)11-26-16-7-6-13(2)14(3)10-16/h6-7,10,12H,4-5,8-9,11H2,1-3H3,(H,21,25)(H,23,24). The number of aromatic nitrogens is 1. The predicted molar refractivity (Wildman–Crippen MR) is 102 cm³/mol. The topological polar surface area (TPSA) is 93.5 Å². The zero-order chi connectivity index (χ0) is 19.8. The lowest BCUT2D eigenvalue weighted by Gasteiger charge is -2.11. The van der Waals surface area contributed by atoms with Gasteiger partial charge in [0.25, 0.3) is 11.8 Å². The van der Waals surface area contributed by atoms with Crippen LogP contribution < -0.4 is 15.4 Å². The Hall–Kier alpha value is -3.09. The monoisotopic (exact) mass is 371 g/mol. The second kappa shape index (κ2) is 9.56. The van der Waals surface area contributed by atoms with Crippen molar-refractivity contribution in [3.8, 4) is 5.75 Å². The molecule has 1 heterocycles. The fourth-order valence-corrected chi connectivity index (χ4v) is 2.37. The number of ether oxygens (including phenoxy) is 1. The molecule has 0 aliphatic rings. The molecule has 7 heteroatoms. The van der Waals surface area contributed by atoms with E-state index in [0.717, 1.165) is 5.56 Å². The largest absolute Gasteiger partial charge is 0.484 e. The third kappa shape index (κ3) is 5.99. The van der Waals surface area contributed by atoms with Gasteiger partial charge in [-0.3, -0.25) is 9.59 Å². The molecule has 7 nitrogen and oxygen atoms in total. The van der Waals surface area contributed by atoms with E-state index in [1.165, 1.54) is 12.0 Å². The van der Waals surface area contributed by atoms with Gasteiger partial charge in [-0.15, -0.1) is 0 Å². The van der Waals surface area contributed by atoms with Gasteiger partial charge in [-0.05, 0) is 37.1 Å². The Balaban J connectivity index is 1.69. The molecule has 0 fully saturated rings. The maximum Gasteiger partial charge on any atom is 0.273 e. The Kier molecular flexibility index (Phi) is 7.16. The summed E-state index contributed by atoms with van der Waals surface area (Å²) in [5.74, 6) is 0.584. The van der Waals surface area contributed by atoms with E-state index in [2.05, 4.69) is 22.2 Å². The number of carbonyl (C=O) groups excluding carboxylic acids is 2. The van der Waals surface area contributed by atoms with Crippen molar-refractivity contribution >= 4 is 11.8 Å². The number of hydrogen-bond donors (Lipinski definition) is 2. The van der Waals surface area contributed by atoms with Crippen molar-refractivity contribution in [3.05, 3.63) is 59.4 Å². The highest BCUT2D eigenvalue weighted by Crippen LogP contribution is 2.16. The van der Waals surface area contributed by atoms with Crippen molar-refractivity contribution in [3.63, 3.8) is 0 Å². The number of nitrogens with one attached hydrogen (secondary N) is 2. The summed E-state index contributed by atoms with van der Waals surface area (Å²) >= 11 is 0. The number of nitrogens with zero attached hydrogens (tertiary/aromatic N) is 1. The molecule has 0 aliphatic heterocycles. The smallest absolute Gasteiger partial charge is 0.273 e. The summed E-state index contributed by atoms with van der Waals surface area (Å²) in [6.45, 7) is 9.90. The van der Waals surface area contributed by atoms with Gasteiger partial charge in [0.2, 0.25) is 0 Å². The van der Waals surface area contributed by atoms with Crippen LogP contribution in [-0.2, 0) is 11.2 Å². The van der Waals surface area contributed by atoms with Crippen LogP contribution in [0.1, 0.15) is 40.7 Å². The van der Waals surface area contributed by atoms with Crippen molar-refractivity contribution in [1.29, 1.82) is 0 Å².